The molecule has 0 radical (unpaired) electrons. The lowest BCUT2D eigenvalue weighted by molar-refractivity contribution is 0.0181. The van der Waals surface area contributed by atoms with Gasteiger partial charge in [-0.2, -0.15) is 5.26 Å². The molecular weight excluding hydrogens is 452 g/mol. The number of rotatable bonds is 4. The average Bonchev–Trinajstić information content (AvgIpc) is 3.27. The third kappa shape index (κ3) is 6.86. The minimum atomic E-state index is -0.458. The number of amides is 1. The summed E-state index contributed by atoms with van der Waals surface area (Å²) in [7, 11) is 3.75. The van der Waals surface area contributed by atoms with Gasteiger partial charge in [0.15, 0.2) is 5.58 Å². The largest absolute Gasteiger partial charge is 0.444 e. The van der Waals surface area contributed by atoms with Crippen LogP contribution in [0.2, 0.25) is 0 Å². The fourth-order valence-corrected chi connectivity index (χ4v) is 4.48. The summed E-state index contributed by atoms with van der Waals surface area (Å²) in [5.41, 5.74) is 5.21. The molecule has 0 spiro atoms. The molecule has 0 aliphatic carbocycles. The molecule has 1 aliphatic heterocycles. The van der Waals surface area contributed by atoms with Gasteiger partial charge in [0.2, 0.25) is 0 Å². The lowest BCUT2D eigenvalue weighted by atomic mass is 9.91. The second kappa shape index (κ2) is 12.0. The number of piperidine rings is 1. The molecule has 0 unspecified atom stereocenters. The van der Waals surface area contributed by atoms with E-state index in [-0.39, 0.29) is 6.09 Å². The number of hydrogen-bond donors (Lipinski definition) is 1. The number of carbonyl (C=O) groups is 1. The minimum Gasteiger partial charge on any atom is -0.444 e. The fraction of sp³-hybridized carbons (Fsp3) is 0.483. The predicted octanol–water partition coefficient (Wildman–Crippen LogP) is 6.09. The molecule has 4 rings (SSSR count). The van der Waals surface area contributed by atoms with Crippen molar-refractivity contribution in [3.8, 4) is 17.2 Å². The van der Waals surface area contributed by atoms with Gasteiger partial charge < -0.3 is 19.5 Å². The molecule has 0 atom stereocenters. The number of ether oxygens (including phenoxy) is 1. The molecule has 1 saturated heterocycles. The Morgan fingerprint density at radius 1 is 1.17 bits per heavy atom. The molecule has 192 valence electrons. The highest BCUT2D eigenvalue weighted by molar-refractivity contribution is 5.89. The molecule has 1 N–H and O–H groups in total. The SMILES string of the molecule is CNC.Cc1c(-c2ccc(C#N)cc2)ccc2c(CCC3CCN(C(=O)OC(C)(C)C)CC3)noc12. The van der Waals surface area contributed by atoms with Crippen LogP contribution in [0, 0.1) is 24.2 Å². The van der Waals surface area contributed by atoms with Crippen molar-refractivity contribution in [2.75, 3.05) is 27.2 Å². The monoisotopic (exact) mass is 490 g/mol. The van der Waals surface area contributed by atoms with E-state index < -0.39 is 5.60 Å². The molecule has 1 aromatic heterocycles. The van der Waals surface area contributed by atoms with Crippen LogP contribution in [0.1, 0.15) is 56.9 Å². The highest BCUT2D eigenvalue weighted by atomic mass is 16.6. The zero-order chi connectivity index (χ0) is 26.3. The van der Waals surface area contributed by atoms with Crippen LogP contribution >= 0.6 is 0 Å². The lowest BCUT2D eigenvalue weighted by Gasteiger charge is -2.33. The molecule has 1 amide bonds. The van der Waals surface area contributed by atoms with Crippen molar-refractivity contribution >= 4 is 17.1 Å². The second-order valence-corrected chi connectivity index (χ2v) is 10.4. The zero-order valence-corrected chi connectivity index (χ0v) is 22.4. The number of nitrogens with one attached hydrogen (secondary N) is 1. The highest BCUT2D eigenvalue weighted by Gasteiger charge is 2.27. The van der Waals surface area contributed by atoms with Crippen LogP contribution in [-0.4, -0.2) is 48.9 Å². The minimum absolute atomic E-state index is 0.211. The molecule has 2 heterocycles. The molecule has 2 aromatic carbocycles. The second-order valence-electron chi connectivity index (χ2n) is 10.4. The van der Waals surface area contributed by atoms with Crippen LogP contribution in [0.15, 0.2) is 40.9 Å². The van der Waals surface area contributed by atoms with Gasteiger partial charge in [-0.05, 0) is 103 Å². The number of benzene rings is 2. The number of likely N-dealkylation sites (tertiary alicyclic amines) is 1. The molecule has 1 fully saturated rings. The van der Waals surface area contributed by atoms with E-state index in [0.717, 1.165) is 72.1 Å². The summed E-state index contributed by atoms with van der Waals surface area (Å²) in [6.45, 7) is 9.23. The summed E-state index contributed by atoms with van der Waals surface area (Å²) in [5.74, 6) is 0.564. The number of carbonyl (C=O) groups excluding carboxylic acids is 1. The Bertz CT molecular complexity index is 1190. The van der Waals surface area contributed by atoms with E-state index in [1.165, 1.54) is 0 Å². The summed E-state index contributed by atoms with van der Waals surface area (Å²) in [6, 6.07) is 14.0. The maximum atomic E-state index is 12.3. The van der Waals surface area contributed by atoms with Crippen molar-refractivity contribution in [1.29, 1.82) is 5.26 Å². The Balaban J connectivity index is 0.00000115. The first-order valence-corrected chi connectivity index (χ1v) is 12.6. The quantitative estimate of drug-likeness (QED) is 0.476. The summed E-state index contributed by atoms with van der Waals surface area (Å²) >= 11 is 0. The molecular formula is C29H38N4O3. The van der Waals surface area contributed by atoms with Gasteiger partial charge in [-0.1, -0.05) is 23.4 Å². The molecule has 3 aromatic rings. The predicted molar refractivity (Wildman–Crippen MR) is 143 cm³/mol. The van der Waals surface area contributed by atoms with E-state index in [4.69, 9.17) is 14.5 Å². The Kier molecular flexibility index (Phi) is 9.11. The summed E-state index contributed by atoms with van der Waals surface area (Å²) < 4.78 is 11.2. The lowest BCUT2D eigenvalue weighted by Crippen LogP contribution is -2.41. The Morgan fingerprint density at radius 3 is 2.39 bits per heavy atom. The van der Waals surface area contributed by atoms with Crippen LogP contribution in [-0.2, 0) is 11.2 Å². The van der Waals surface area contributed by atoms with Crippen molar-refractivity contribution in [1.82, 2.24) is 15.4 Å². The van der Waals surface area contributed by atoms with Crippen molar-refractivity contribution in [2.45, 2.75) is 59.0 Å². The smallest absolute Gasteiger partial charge is 0.410 e. The van der Waals surface area contributed by atoms with Crippen LogP contribution in [0.4, 0.5) is 4.79 Å². The van der Waals surface area contributed by atoms with E-state index >= 15 is 0 Å². The first kappa shape index (κ1) is 27.2. The van der Waals surface area contributed by atoms with Crippen molar-refractivity contribution in [2.24, 2.45) is 5.92 Å². The van der Waals surface area contributed by atoms with Gasteiger partial charge >= 0.3 is 6.09 Å². The van der Waals surface area contributed by atoms with E-state index in [1.807, 2.05) is 64.0 Å². The molecule has 1 aliphatic rings. The number of aryl methyl sites for hydroxylation is 2. The van der Waals surface area contributed by atoms with Crippen LogP contribution in [0.5, 0.6) is 0 Å². The Morgan fingerprint density at radius 2 is 1.81 bits per heavy atom. The van der Waals surface area contributed by atoms with Gasteiger partial charge in [0.05, 0.1) is 17.3 Å². The van der Waals surface area contributed by atoms with Crippen molar-refractivity contribution in [3.05, 3.63) is 53.2 Å². The highest BCUT2D eigenvalue weighted by Crippen LogP contribution is 2.33. The maximum absolute atomic E-state index is 12.3. The van der Waals surface area contributed by atoms with Gasteiger partial charge in [0, 0.05) is 24.0 Å². The summed E-state index contributed by atoms with van der Waals surface area (Å²) in [4.78, 5) is 14.1. The van der Waals surface area contributed by atoms with Crippen LogP contribution in [0.25, 0.3) is 22.1 Å². The molecule has 7 nitrogen and oxygen atoms in total. The number of nitrogens with zero attached hydrogens (tertiary/aromatic N) is 3. The average molecular weight is 491 g/mol. The zero-order valence-electron chi connectivity index (χ0n) is 22.4. The molecule has 0 bridgehead atoms. The van der Waals surface area contributed by atoms with Crippen LogP contribution < -0.4 is 5.32 Å². The van der Waals surface area contributed by atoms with E-state index in [1.54, 1.807) is 0 Å². The van der Waals surface area contributed by atoms with E-state index in [0.29, 0.717) is 11.5 Å². The van der Waals surface area contributed by atoms with Gasteiger partial charge in [-0.3, -0.25) is 0 Å². The first-order valence-electron chi connectivity index (χ1n) is 12.6. The molecule has 36 heavy (non-hydrogen) atoms. The topological polar surface area (TPSA) is 91.4 Å². The van der Waals surface area contributed by atoms with Crippen LogP contribution in [0.3, 0.4) is 0 Å². The summed E-state index contributed by atoms with van der Waals surface area (Å²) in [6.07, 6.45) is 3.64. The Hall–Kier alpha value is -3.37. The third-order valence-electron chi connectivity index (χ3n) is 6.34. The van der Waals surface area contributed by atoms with Gasteiger partial charge in [-0.25, -0.2) is 4.79 Å². The standard InChI is InChI=1S/C27H31N3O3.C2H7N/c1-18-22(21-8-5-20(17-28)6-9-21)10-11-23-24(29-33-25(18)23)12-7-19-13-15-30(16-14-19)26(31)32-27(2,3)4;1-3-2/h5-6,8-11,19H,7,12-16H2,1-4H3;3H,1-2H3. The summed E-state index contributed by atoms with van der Waals surface area (Å²) in [5, 5.41) is 17.2. The maximum Gasteiger partial charge on any atom is 0.410 e. The fourth-order valence-electron chi connectivity index (χ4n) is 4.48. The normalized spacial score (nSPS) is 14.2. The van der Waals surface area contributed by atoms with E-state index in [2.05, 4.69) is 35.6 Å². The first-order chi connectivity index (χ1) is 17.2. The van der Waals surface area contributed by atoms with Gasteiger partial charge in [0.25, 0.3) is 0 Å². The molecule has 7 heteroatoms. The van der Waals surface area contributed by atoms with Crippen molar-refractivity contribution < 1.29 is 14.1 Å². The number of hydrogen-bond acceptors (Lipinski definition) is 6. The van der Waals surface area contributed by atoms with E-state index in [9.17, 15) is 4.79 Å². The molecule has 0 saturated carbocycles. The van der Waals surface area contributed by atoms with Gasteiger partial charge in [0.1, 0.15) is 5.60 Å². The third-order valence-corrected chi connectivity index (χ3v) is 6.34. The number of fused-ring (bicyclic) bond motifs is 1. The number of aromatic nitrogens is 1. The number of nitriles is 1. The van der Waals surface area contributed by atoms with Gasteiger partial charge in [-0.15, -0.1) is 0 Å². The Labute approximate surface area is 214 Å². The van der Waals surface area contributed by atoms with Crippen molar-refractivity contribution in [3.63, 3.8) is 0 Å².